The number of carbonyl (C=O) groups is 1. The molecule has 1 heterocycles. The van der Waals surface area contributed by atoms with E-state index in [0.29, 0.717) is 5.56 Å². The van der Waals surface area contributed by atoms with Gasteiger partial charge in [0, 0.05) is 16.7 Å². The van der Waals surface area contributed by atoms with Gasteiger partial charge in [0.25, 0.3) is 0 Å². The fourth-order valence-electron chi connectivity index (χ4n) is 4.86. The highest BCUT2D eigenvalue weighted by Crippen LogP contribution is 2.51. The number of carbonyl (C=O) groups excluding carboxylic acids is 1. The van der Waals surface area contributed by atoms with Crippen molar-refractivity contribution in [3.8, 4) is 11.5 Å². The average Bonchev–Trinajstić information content (AvgIpc) is 3.05. The molecule has 5 N–H and O–H groups in total. The second kappa shape index (κ2) is 11.8. The van der Waals surface area contributed by atoms with E-state index < -0.39 is 13.4 Å². The number of phosphoric acid groups is 1. The van der Waals surface area contributed by atoms with E-state index in [1.807, 2.05) is 71.9 Å². The van der Waals surface area contributed by atoms with Gasteiger partial charge < -0.3 is 29.6 Å². The van der Waals surface area contributed by atoms with Gasteiger partial charge >= 0.3 is 36.8 Å². The van der Waals surface area contributed by atoms with E-state index in [4.69, 9.17) is 24.0 Å². The fraction of sp³-hybridized carbons (Fsp3) is 0.321. The number of cyclic esters (lactones) is 1. The highest BCUT2D eigenvalue weighted by atomic mass is 31.2. The van der Waals surface area contributed by atoms with Crippen LogP contribution in [0.5, 0.6) is 11.5 Å². The summed E-state index contributed by atoms with van der Waals surface area (Å²) < 4.78 is 15.2. The van der Waals surface area contributed by atoms with E-state index in [0.717, 1.165) is 38.9 Å². The van der Waals surface area contributed by atoms with Crippen molar-refractivity contribution >= 4 is 36.8 Å². The number of aromatic hydroxyl groups is 2. The molecule has 4 rings (SSSR count). The molecule has 0 aromatic heterocycles. The van der Waals surface area contributed by atoms with Crippen molar-refractivity contribution in [2.45, 2.75) is 59.0 Å². The first-order chi connectivity index (χ1) is 17.1. The summed E-state index contributed by atoms with van der Waals surface area (Å²) in [7, 11) is -4.64. The van der Waals surface area contributed by atoms with Crippen LogP contribution in [-0.2, 0) is 14.9 Å². The van der Waals surface area contributed by atoms with Crippen LogP contribution in [-0.4, -0.2) is 53.9 Å². The van der Waals surface area contributed by atoms with Gasteiger partial charge in [-0.05, 0) is 78.3 Å². The molecular formula is C28H35MgO8P. The molecule has 3 aromatic carbocycles. The lowest BCUT2D eigenvalue weighted by molar-refractivity contribution is 0.0247. The minimum absolute atomic E-state index is 0. The Bertz CT molecular complexity index is 1320. The first kappa shape index (κ1) is 31.8. The molecule has 0 spiro atoms. The van der Waals surface area contributed by atoms with Crippen molar-refractivity contribution in [3.63, 3.8) is 0 Å². The third-order valence-electron chi connectivity index (χ3n) is 6.52. The number of hydrogen-bond donors (Lipinski definition) is 5. The summed E-state index contributed by atoms with van der Waals surface area (Å²) in [5.41, 5.74) is 5.03. The molecule has 8 nitrogen and oxygen atoms in total. The zero-order chi connectivity index (χ0) is 27.9. The SMILES string of the molecule is Cc1cc(O)c(C(C)C)cc1C1(c2cc(C(C)C)c(O)cc2C)OC(=O)c2ccccc21.O=P(O)(O)O.[MgH2]. The largest absolute Gasteiger partial charge is 0.508 e. The maximum absolute atomic E-state index is 13.1. The first-order valence-electron chi connectivity index (χ1n) is 11.9. The van der Waals surface area contributed by atoms with Gasteiger partial charge in [0.2, 0.25) is 0 Å². The lowest BCUT2D eigenvalue weighted by atomic mass is 9.74. The summed E-state index contributed by atoms with van der Waals surface area (Å²) in [6, 6.07) is 14.9. The average molecular weight is 555 g/mol. The zero-order valence-corrected chi connectivity index (χ0v) is 22.6. The van der Waals surface area contributed by atoms with Gasteiger partial charge in [-0.15, -0.1) is 0 Å². The van der Waals surface area contributed by atoms with E-state index in [2.05, 4.69) is 0 Å². The Labute approximate surface area is 238 Å². The monoisotopic (exact) mass is 554 g/mol. The number of rotatable bonds is 4. The molecule has 0 atom stereocenters. The van der Waals surface area contributed by atoms with E-state index in [1.165, 1.54) is 0 Å². The molecule has 0 saturated heterocycles. The van der Waals surface area contributed by atoms with Gasteiger partial charge in [-0.2, -0.15) is 0 Å². The molecular weight excluding hydrogens is 520 g/mol. The Morgan fingerprint density at radius 2 is 1.16 bits per heavy atom. The summed E-state index contributed by atoms with van der Waals surface area (Å²) in [5.74, 6) is 0.271. The molecule has 1 aliphatic rings. The zero-order valence-electron chi connectivity index (χ0n) is 21.7. The van der Waals surface area contributed by atoms with Gasteiger partial charge in [-0.25, -0.2) is 9.36 Å². The second-order valence-corrected chi connectivity index (χ2v) is 10.9. The van der Waals surface area contributed by atoms with Crippen molar-refractivity contribution in [2.24, 2.45) is 0 Å². The van der Waals surface area contributed by atoms with Crippen LogP contribution in [0.4, 0.5) is 0 Å². The molecule has 38 heavy (non-hydrogen) atoms. The molecule has 0 radical (unpaired) electrons. The Morgan fingerprint density at radius 3 is 1.55 bits per heavy atom. The van der Waals surface area contributed by atoms with Crippen LogP contribution in [0.25, 0.3) is 0 Å². The molecule has 0 aliphatic carbocycles. The topological polar surface area (TPSA) is 145 Å². The molecule has 0 amide bonds. The van der Waals surface area contributed by atoms with Crippen LogP contribution in [0.15, 0.2) is 48.5 Å². The Balaban J connectivity index is 0.000000774. The van der Waals surface area contributed by atoms with E-state index in [9.17, 15) is 15.0 Å². The quantitative estimate of drug-likeness (QED) is 0.179. The Kier molecular flexibility index (Phi) is 9.86. The van der Waals surface area contributed by atoms with E-state index >= 15 is 0 Å². The van der Waals surface area contributed by atoms with Crippen molar-refractivity contribution in [1.29, 1.82) is 0 Å². The van der Waals surface area contributed by atoms with Gasteiger partial charge in [-0.3, -0.25) is 0 Å². The normalized spacial score (nSPS) is 13.9. The molecule has 0 fully saturated rings. The highest BCUT2D eigenvalue weighted by Gasteiger charge is 2.50. The van der Waals surface area contributed by atoms with E-state index in [-0.39, 0.29) is 52.4 Å². The number of esters is 1. The van der Waals surface area contributed by atoms with Crippen LogP contribution in [0.3, 0.4) is 0 Å². The predicted molar refractivity (Wildman–Crippen MR) is 148 cm³/mol. The van der Waals surface area contributed by atoms with Gasteiger partial charge in [0.05, 0.1) is 5.56 Å². The second-order valence-electron chi connectivity index (χ2n) is 9.89. The Hall–Kier alpha value is -2.39. The summed E-state index contributed by atoms with van der Waals surface area (Å²) in [4.78, 5) is 34.7. The standard InChI is InChI=1S/C28H30O4.Mg.H3O4P.2H/c1-15(2)20-13-23(17(5)11-25(20)29)28(22-10-8-7-9-19(22)27(31)32-28)24-14-21(16(3)4)26(30)12-18(24)6;;1-5(2,3)4;;/h7-16,29-30H,1-6H3;;(H3,1,2,3,4);;. The van der Waals surface area contributed by atoms with Crippen molar-refractivity contribution in [2.75, 3.05) is 0 Å². The highest BCUT2D eigenvalue weighted by molar-refractivity contribution is 7.45. The molecule has 10 heteroatoms. The summed E-state index contributed by atoms with van der Waals surface area (Å²) in [6.07, 6.45) is 0. The van der Waals surface area contributed by atoms with Crippen LogP contribution >= 0.6 is 7.82 Å². The molecule has 1 aliphatic heterocycles. The van der Waals surface area contributed by atoms with Crippen LogP contribution in [0.1, 0.15) is 88.8 Å². The number of fused-ring (bicyclic) bond motifs is 1. The van der Waals surface area contributed by atoms with Crippen LogP contribution < -0.4 is 0 Å². The smallest absolute Gasteiger partial charge is 0.466 e. The van der Waals surface area contributed by atoms with Gasteiger partial charge in [0.1, 0.15) is 11.5 Å². The minimum Gasteiger partial charge on any atom is -0.508 e. The molecule has 0 bridgehead atoms. The maximum Gasteiger partial charge on any atom is 0.466 e. The lowest BCUT2D eigenvalue weighted by Crippen LogP contribution is -2.32. The van der Waals surface area contributed by atoms with Crippen molar-refractivity contribution < 1.29 is 39.0 Å². The third kappa shape index (κ3) is 6.25. The number of phenols is 2. The van der Waals surface area contributed by atoms with Gasteiger partial charge in [-0.1, -0.05) is 45.9 Å². The molecule has 202 valence electrons. The van der Waals surface area contributed by atoms with Crippen LogP contribution in [0, 0.1) is 13.8 Å². The van der Waals surface area contributed by atoms with Crippen LogP contribution in [0.2, 0.25) is 0 Å². The summed E-state index contributed by atoms with van der Waals surface area (Å²) >= 11 is 0. The predicted octanol–water partition coefficient (Wildman–Crippen LogP) is 4.58. The van der Waals surface area contributed by atoms with E-state index in [1.54, 1.807) is 18.2 Å². The number of ether oxygens (including phenoxy) is 1. The summed E-state index contributed by atoms with van der Waals surface area (Å²) in [5, 5.41) is 21.2. The third-order valence-corrected chi connectivity index (χ3v) is 6.52. The number of benzene rings is 3. The number of phenolic OH excluding ortho intramolecular Hbond substituents is 2. The maximum atomic E-state index is 13.1. The molecule has 0 saturated carbocycles. The number of aryl methyl sites for hydroxylation is 2. The number of hydrogen-bond acceptors (Lipinski definition) is 5. The Morgan fingerprint density at radius 1 is 0.763 bits per heavy atom. The van der Waals surface area contributed by atoms with Crippen molar-refractivity contribution in [3.05, 3.63) is 93.0 Å². The molecule has 3 aromatic rings. The molecule has 0 unspecified atom stereocenters. The fourth-order valence-corrected chi connectivity index (χ4v) is 4.86. The van der Waals surface area contributed by atoms with Gasteiger partial charge in [0.15, 0.2) is 5.60 Å². The lowest BCUT2D eigenvalue weighted by Gasteiger charge is -2.34. The van der Waals surface area contributed by atoms with Crippen molar-refractivity contribution in [1.82, 2.24) is 0 Å². The first-order valence-corrected chi connectivity index (χ1v) is 13.4. The summed E-state index contributed by atoms with van der Waals surface area (Å²) in [6.45, 7) is 12.0. The minimum atomic E-state index is -4.64.